The Balaban J connectivity index is 1.95. The van der Waals surface area contributed by atoms with Gasteiger partial charge in [-0.2, -0.15) is 9.40 Å². The van der Waals surface area contributed by atoms with Crippen LogP contribution in [0, 0.1) is 13.8 Å². The Hall–Kier alpha value is -1.95. The monoisotopic (exact) mass is 414 g/mol. The average Bonchev–Trinajstić information content (AvgIpc) is 2.97. The first kappa shape index (κ1) is 19.8. The van der Waals surface area contributed by atoms with Crippen LogP contribution in [0.1, 0.15) is 11.3 Å². The highest BCUT2D eigenvalue weighted by molar-refractivity contribution is 7.92. The van der Waals surface area contributed by atoms with Gasteiger partial charge in [0.15, 0.2) is 0 Å². The number of benzene rings is 1. The molecule has 1 aromatic heterocycles. The minimum absolute atomic E-state index is 0.0446. The molecule has 1 aromatic carbocycles. The third kappa shape index (κ3) is 3.86. The zero-order valence-electron chi connectivity index (χ0n) is 15.3. The Bertz CT molecular complexity index is 1050. The van der Waals surface area contributed by atoms with Crippen LogP contribution in [0.15, 0.2) is 34.2 Å². The molecule has 0 radical (unpaired) electrons. The molecule has 27 heavy (non-hydrogen) atoms. The lowest BCUT2D eigenvalue weighted by Gasteiger charge is -2.26. The Morgan fingerprint density at radius 3 is 2.33 bits per heavy atom. The summed E-state index contributed by atoms with van der Waals surface area (Å²) in [6.45, 7) is 4.54. The molecule has 0 amide bonds. The van der Waals surface area contributed by atoms with Crippen LogP contribution < -0.4 is 4.72 Å². The van der Waals surface area contributed by atoms with Crippen LogP contribution in [0.4, 0.5) is 5.69 Å². The number of hydrogen-bond acceptors (Lipinski definition) is 6. The van der Waals surface area contributed by atoms with Crippen LogP contribution in [0.3, 0.4) is 0 Å². The minimum atomic E-state index is -3.88. The first-order chi connectivity index (χ1) is 12.6. The first-order valence-corrected chi connectivity index (χ1v) is 11.3. The second-order valence-corrected chi connectivity index (χ2v) is 9.88. The second kappa shape index (κ2) is 7.23. The van der Waals surface area contributed by atoms with E-state index in [1.165, 1.54) is 27.3 Å². The van der Waals surface area contributed by atoms with Crippen LogP contribution in [0.5, 0.6) is 0 Å². The van der Waals surface area contributed by atoms with Gasteiger partial charge in [0, 0.05) is 20.1 Å². The number of sulfonamides is 2. The summed E-state index contributed by atoms with van der Waals surface area (Å²) in [5.74, 6) is 0. The van der Waals surface area contributed by atoms with Crippen molar-refractivity contribution in [2.75, 3.05) is 31.0 Å². The van der Waals surface area contributed by atoms with Crippen molar-refractivity contribution in [3.05, 3.63) is 35.7 Å². The summed E-state index contributed by atoms with van der Waals surface area (Å²) < 4.78 is 61.6. The van der Waals surface area contributed by atoms with Crippen LogP contribution >= 0.6 is 0 Å². The lowest BCUT2D eigenvalue weighted by atomic mass is 10.2. The van der Waals surface area contributed by atoms with E-state index in [1.807, 2.05) is 0 Å². The SMILES string of the molecule is Cc1ccc(NS(=O)(=O)c2cnn(C)c2C)cc1S(=O)(=O)N1CCOCC1. The molecule has 3 rings (SSSR count). The average molecular weight is 415 g/mol. The van der Waals surface area contributed by atoms with Crippen molar-refractivity contribution in [2.24, 2.45) is 7.05 Å². The van der Waals surface area contributed by atoms with E-state index in [0.29, 0.717) is 24.5 Å². The molecule has 1 aliphatic heterocycles. The van der Waals surface area contributed by atoms with E-state index in [1.54, 1.807) is 27.0 Å². The highest BCUT2D eigenvalue weighted by Gasteiger charge is 2.28. The van der Waals surface area contributed by atoms with Crippen molar-refractivity contribution < 1.29 is 21.6 Å². The number of nitrogens with zero attached hydrogens (tertiary/aromatic N) is 3. The molecule has 1 aliphatic rings. The number of aromatic nitrogens is 2. The fraction of sp³-hybridized carbons (Fsp3) is 0.438. The molecule has 0 atom stereocenters. The quantitative estimate of drug-likeness (QED) is 0.777. The van der Waals surface area contributed by atoms with Crippen LogP contribution in [-0.2, 0) is 31.8 Å². The Morgan fingerprint density at radius 2 is 1.74 bits per heavy atom. The van der Waals surface area contributed by atoms with Gasteiger partial charge >= 0.3 is 0 Å². The Kier molecular flexibility index (Phi) is 5.30. The Labute approximate surface area is 159 Å². The van der Waals surface area contributed by atoms with Gasteiger partial charge in [-0.05, 0) is 31.5 Å². The normalized spacial score (nSPS) is 16.4. The van der Waals surface area contributed by atoms with E-state index in [4.69, 9.17) is 4.74 Å². The summed E-state index contributed by atoms with van der Waals surface area (Å²) in [7, 11) is -5.98. The van der Waals surface area contributed by atoms with Crippen molar-refractivity contribution in [1.82, 2.24) is 14.1 Å². The molecule has 0 aliphatic carbocycles. The topological polar surface area (TPSA) is 111 Å². The van der Waals surface area contributed by atoms with Gasteiger partial charge in [0.2, 0.25) is 10.0 Å². The van der Waals surface area contributed by atoms with Crippen molar-refractivity contribution in [3.8, 4) is 0 Å². The van der Waals surface area contributed by atoms with Gasteiger partial charge in [0.1, 0.15) is 4.90 Å². The summed E-state index contributed by atoms with van der Waals surface area (Å²) in [6.07, 6.45) is 1.26. The van der Waals surface area contributed by atoms with E-state index >= 15 is 0 Å². The fourth-order valence-electron chi connectivity index (χ4n) is 2.82. The molecule has 148 valence electrons. The lowest BCUT2D eigenvalue weighted by molar-refractivity contribution is 0.0730. The van der Waals surface area contributed by atoms with Crippen molar-refractivity contribution in [1.29, 1.82) is 0 Å². The van der Waals surface area contributed by atoms with Crippen molar-refractivity contribution >= 4 is 25.7 Å². The van der Waals surface area contributed by atoms with E-state index < -0.39 is 20.0 Å². The fourth-order valence-corrected chi connectivity index (χ4v) is 5.73. The molecule has 1 saturated heterocycles. The summed E-state index contributed by atoms with van der Waals surface area (Å²) in [4.78, 5) is 0.121. The lowest BCUT2D eigenvalue weighted by Crippen LogP contribution is -2.40. The third-order valence-corrected chi connectivity index (χ3v) is 8.03. The summed E-state index contributed by atoms with van der Waals surface area (Å²) in [5.41, 5.74) is 1.20. The molecular weight excluding hydrogens is 392 g/mol. The molecule has 2 heterocycles. The number of nitrogens with one attached hydrogen (secondary N) is 1. The third-order valence-electron chi connectivity index (χ3n) is 4.51. The molecule has 0 spiro atoms. The van der Waals surface area contributed by atoms with E-state index in [2.05, 4.69) is 9.82 Å². The van der Waals surface area contributed by atoms with Gasteiger partial charge in [0.25, 0.3) is 10.0 Å². The van der Waals surface area contributed by atoms with Crippen LogP contribution in [-0.4, -0.2) is 57.2 Å². The molecule has 9 nitrogen and oxygen atoms in total. The second-order valence-electron chi connectivity index (χ2n) is 6.32. The van der Waals surface area contributed by atoms with Gasteiger partial charge in [0.05, 0.1) is 35.7 Å². The van der Waals surface area contributed by atoms with Crippen LogP contribution in [0.25, 0.3) is 0 Å². The number of rotatable bonds is 5. The predicted molar refractivity (Wildman–Crippen MR) is 99.5 cm³/mol. The van der Waals surface area contributed by atoms with E-state index in [9.17, 15) is 16.8 Å². The zero-order valence-corrected chi connectivity index (χ0v) is 17.0. The molecular formula is C16H22N4O5S2. The number of morpholine rings is 1. The Morgan fingerprint density at radius 1 is 1.07 bits per heavy atom. The largest absolute Gasteiger partial charge is 0.379 e. The first-order valence-electron chi connectivity index (χ1n) is 8.33. The van der Waals surface area contributed by atoms with Gasteiger partial charge in [-0.3, -0.25) is 9.40 Å². The highest BCUT2D eigenvalue weighted by atomic mass is 32.2. The number of anilines is 1. The van der Waals surface area contributed by atoms with Gasteiger partial charge < -0.3 is 4.74 Å². The number of aryl methyl sites for hydroxylation is 2. The maximum absolute atomic E-state index is 12.9. The molecule has 0 unspecified atom stereocenters. The number of hydrogen-bond donors (Lipinski definition) is 1. The summed E-state index contributed by atoms with van der Waals surface area (Å²) >= 11 is 0. The molecule has 1 N–H and O–H groups in total. The standard InChI is InChI=1S/C16H22N4O5S2/c1-12-4-5-14(18-26(21,22)16-11-17-19(3)13(16)2)10-15(12)27(23,24)20-6-8-25-9-7-20/h4-5,10-11,18H,6-9H2,1-3H3. The van der Waals surface area contributed by atoms with Crippen molar-refractivity contribution in [2.45, 2.75) is 23.6 Å². The zero-order chi connectivity index (χ0) is 19.8. The number of ether oxygens (including phenoxy) is 1. The molecule has 2 aromatic rings. The van der Waals surface area contributed by atoms with Gasteiger partial charge in [-0.25, -0.2) is 16.8 Å². The predicted octanol–water partition coefficient (Wildman–Crippen LogP) is 0.859. The molecule has 11 heteroatoms. The van der Waals surface area contributed by atoms with E-state index in [-0.39, 0.29) is 28.6 Å². The van der Waals surface area contributed by atoms with E-state index in [0.717, 1.165) is 0 Å². The molecule has 0 saturated carbocycles. The maximum atomic E-state index is 12.9. The summed E-state index contributed by atoms with van der Waals surface area (Å²) in [5, 5.41) is 3.94. The molecule has 1 fully saturated rings. The minimum Gasteiger partial charge on any atom is -0.379 e. The maximum Gasteiger partial charge on any atom is 0.265 e. The van der Waals surface area contributed by atoms with Gasteiger partial charge in [-0.1, -0.05) is 6.07 Å². The smallest absolute Gasteiger partial charge is 0.265 e. The summed E-state index contributed by atoms with van der Waals surface area (Å²) in [6, 6.07) is 4.47. The van der Waals surface area contributed by atoms with Crippen molar-refractivity contribution in [3.63, 3.8) is 0 Å². The highest BCUT2D eigenvalue weighted by Crippen LogP contribution is 2.26. The van der Waals surface area contributed by atoms with Gasteiger partial charge in [-0.15, -0.1) is 0 Å². The molecule has 0 bridgehead atoms. The van der Waals surface area contributed by atoms with Crippen LogP contribution in [0.2, 0.25) is 0 Å².